The summed E-state index contributed by atoms with van der Waals surface area (Å²) >= 11 is 0. The summed E-state index contributed by atoms with van der Waals surface area (Å²) in [6.45, 7) is 4.76. The largest absolute Gasteiger partial charge is 0.375 e. The molecule has 2 amide bonds. The van der Waals surface area contributed by atoms with Crippen molar-refractivity contribution in [2.24, 2.45) is 5.92 Å². The quantitative estimate of drug-likeness (QED) is 0.869. The maximum atomic E-state index is 13.1. The number of aromatic nitrogens is 2. The lowest BCUT2D eigenvalue weighted by Crippen LogP contribution is -2.37. The number of likely N-dealkylation sites (tertiary alicyclic amines) is 1. The Bertz CT molecular complexity index is 831. The van der Waals surface area contributed by atoms with Crippen LogP contribution in [0.15, 0.2) is 29.0 Å². The van der Waals surface area contributed by atoms with Gasteiger partial charge in [-0.15, -0.1) is 0 Å². The minimum absolute atomic E-state index is 0.0969. The summed E-state index contributed by atoms with van der Waals surface area (Å²) in [5, 5.41) is 6.82. The summed E-state index contributed by atoms with van der Waals surface area (Å²) in [6, 6.07) is 3.64. The number of aryl methyl sites for hydroxylation is 2. The minimum atomic E-state index is -0.390. The van der Waals surface area contributed by atoms with E-state index in [0.717, 1.165) is 12.0 Å². The van der Waals surface area contributed by atoms with Crippen molar-refractivity contribution in [2.75, 3.05) is 13.2 Å². The molecule has 0 bridgehead atoms. The van der Waals surface area contributed by atoms with Gasteiger partial charge in [0.25, 0.3) is 5.91 Å². The zero-order valence-electron chi connectivity index (χ0n) is 15.3. The van der Waals surface area contributed by atoms with E-state index in [4.69, 9.17) is 9.26 Å². The van der Waals surface area contributed by atoms with Gasteiger partial charge in [0.05, 0.1) is 23.8 Å². The molecule has 8 heteroatoms. The smallest absolute Gasteiger partial charge is 0.259 e. The van der Waals surface area contributed by atoms with Crippen LogP contribution >= 0.6 is 0 Å². The third-order valence-electron chi connectivity index (χ3n) is 5.33. The molecule has 0 saturated carbocycles. The fraction of sp³-hybridized carbons (Fsp3) is 0.474. The Kier molecular flexibility index (Phi) is 4.65. The molecule has 4 rings (SSSR count). The molecule has 0 aromatic carbocycles. The monoisotopic (exact) mass is 370 g/mol. The number of carbonyl (C=O) groups is 2. The number of amides is 2. The first-order valence-electron chi connectivity index (χ1n) is 9.08. The molecule has 2 fully saturated rings. The number of hydrogen-bond acceptors (Lipinski definition) is 6. The van der Waals surface area contributed by atoms with Crippen molar-refractivity contribution in [1.82, 2.24) is 20.4 Å². The van der Waals surface area contributed by atoms with Gasteiger partial charge in [-0.1, -0.05) is 11.2 Å². The number of nitrogens with zero attached hydrogens (tertiary/aromatic N) is 3. The van der Waals surface area contributed by atoms with Crippen LogP contribution in [0.25, 0.3) is 0 Å². The second kappa shape index (κ2) is 7.11. The van der Waals surface area contributed by atoms with Gasteiger partial charge in [-0.05, 0) is 31.9 Å². The maximum absolute atomic E-state index is 13.1. The van der Waals surface area contributed by atoms with E-state index in [1.165, 1.54) is 0 Å². The van der Waals surface area contributed by atoms with Gasteiger partial charge < -0.3 is 19.5 Å². The van der Waals surface area contributed by atoms with E-state index >= 15 is 0 Å². The van der Waals surface area contributed by atoms with Crippen LogP contribution in [-0.2, 0) is 16.1 Å². The summed E-state index contributed by atoms with van der Waals surface area (Å²) in [6.07, 6.45) is 3.86. The molecular formula is C19H22N4O4. The van der Waals surface area contributed by atoms with Crippen molar-refractivity contribution < 1.29 is 18.8 Å². The Hall–Kier alpha value is -2.74. The molecule has 0 radical (unpaired) electrons. The Morgan fingerprint density at radius 2 is 2.22 bits per heavy atom. The lowest BCUT2D eigenvalue weighted by atomic mass is 10.0. The van der Waals surface area contributed by atoms with E-state index in [2.05, 4.69) is 15.5 Å². The first kappa shape index (κ1) is 17.7. The van der Waals surface area contributed by atoms with Gasteiger partial charge in [0.1, 0.15) is 11.3 Å². The van der Waals surface area contributed by atoms with Gasteiger partial charge in [-0.2, -0.15) is 0 Å². The van der Waals surface area contributed by atoms with Crippen LogP contribution in [0.5, 0.6) is 0 Å². The summed E-state index contributed by atoms with van der Waals surface area (Å²) in [5.41, 5.74) is 1.98. The molecule has 2 aromatic rings. The van der Waals surface area contributed by atoms with Gasteiger partial charge in [-0.3, -0.25) is 14.6 Å². The van der Waals surface area contributed by atoms with Crippen molar-refractivity contribution in [2.45, 2.75) is 39.0 Å². The topological polar surface area (TPSA) is 97.6 Å². The summed E-state index contributed by atoms with van der Waals surface area (Å²) in [4.78, 5) is 31.6. The third-order valence-corrected chi connectivity index (χ3v) is 5.33. The predicted molar refractivity (Wildman–Crippen MR) is 94.7 cm³/mol. The number of carbonyl (C=O) groups excluding carboxylic acids is 2. The normalized spacial score (nSPS) is 24.1. The van der Waals surface area contributed by atoms with Crippen LogP contribution in [0.1, 0.15) is 33.8 Å². The first-order valence-corrected chi connectivity index (χ1v) is 9.08. The van der Waals surface area contributed by atoms with Crippen molar-refractivity contribution in [3.05, 3.63) is 47.1 Å². The average molecular weight is 370 g/mol. The fourth-order valence-electron chi connectivity index (χ4n) is 3.99. The highest BCUT2D eigenvalue weighted by atomic mass is 16.5. The highest BCUT2D eigenvalue weighted by molar-refractivity contribution is 5.97. The van der Waals surface area contributed by atoms with E-state index in [-0.39, 0.29) is 24.0 Å². The van der Waals surface area contributed by atoms with Crippen molar-refractivity contribution in [3.63, 3.8) is 0 Å². The summed E-state index contributed by atoms with van der Waals surface area (Å²) in [7, 11) is 0. The van der Waals surface area contributed by atoms with E-state index < -0.39 is 5.92 Å². The number of nitrogens with one attached hydrogen (secondary N) is 1. The lowest BCUT2D eigenvalue weighted by molar-refractivity contribution is -0.127. The summed E-state index contributed by atoms with van der Waals surface area (Å²) < 4.78 is 11.0. The van der Waals surface area contributed by atoms with Gasteiger partial charge in [-0.25, -0.2) is 0 Å². The van der Waals surface area contributed by atoms with Gasteiger partial charge >= 0.3 is 0 Å². The SMILES string of the molecule is Cc1noc(C)c1C(=O)N1C[C@H](C(=O)NCc2cccnc2)[C@H]2OCC[C@@H]21. The number of pyridine rings is 1. The van der Waals surface area contributed by atoms with E-state index in [9.17, 15) is 9.59 Å². The molecule has 27 heavy (non-hydrogen) atoms. The molecule has 0 spiro atoms. The molecule has 1 N–H and O–H groups in total. The molecule has 2 saturated heterocycles. The average Bonchev–Trinajstić information content (AvgIpc) is 3.36. The highest BCUT2D eigenvalue weighted by Crippen LogP contribution is 2.35. The Morgan fingerprint density at radius 1 is 1.37 bits per heavy atom. The van der Waals surface area contributed by atoms with Crippen LogP contribution in [0, 0.1) is 19.8 Å². The maximum Gasteiger partial charge on any atom is 0.259 e. The molecule has 0 aliphatic carbocycles. The van der Waals surface area contributed by atoms with Crippen LogP contribution < -0.4 is 5.32 Å². The van der Waals surface area contributed by atoms with Crippen molar-refractivity contribution in [1.29, 1.82) is 0 Å². The van der Waals surface area contributed by atoms with Crippen LogP contribution in [0.4, 0.5) is 0 Å². The van der Waals surface area contributed by atoms with E-state index in [1.54, 1.807) is 31.1 Å². The molecule has 4 heterocycles. The predicted octanol–water partition coefficient (Wildman–Crippen LogP) is 1.23. The van der Waals surface area contributed by atoms with E-state index in [1.807, 2.05) is 12.1 Å². The van der Waals surface area contributed by atoms with Gasteiger partial charge in [0.2, 0.25) is 5.91 Å². The van der Waals surface area contributed by atoms with Crippen molar-refractivity contribution in [3.8, 4) is 0 Å². The first-order chi connectivity index (χ1) is 13.1. The Labute approximate surface area is 156 Å². The van der Waals surface area contributed by atoms with Crippen LogP contribution in [0.3, 0.4) is 0 Å². The number of hydrogen-bond donors (Lipinski definition) is 1. The van der Waals surface area contributed by atoms with E-state index in [0.29, 0.717) is 36.7 Å². The third kappa shape index (κ3) is 3.21. The Balaban J connectivity index is 1.49. The minimum Gasteiger partial charge on any atom is -0.375 e. The molecule has 3 atom stereocenters. The Morgan fingerprint density at radius 3 is 2.93 bits per heavy atom. The zero-order valence-corrected chi connectivity index (χ0v) is 15.3. The summed E-state index contributed by atoms with van der Waals surface area (Å²) in [5.74, 6) is -0.143. The molecular weight excluding hydrogens is 348 g/mol. The van der Waals surface area contributed by atoms with Crippen molar-refractivity contribution >= 4 is 11.8 Å². The molecule has 0 unspecified atom stereocenters. The molecule has 2 aliphatic rings. The number of rotatable bonds is 4. The standard InChI is InChI=1S/C19H22N4O4/c1-11-16(12(2)27-22-11)19(25)23-10-14(17-15(23)5-7-26-17)18(24)21-9-13-4-3-6-20-8-13/h3-4,6,8,14-15,17H,5,7,9-10H2,1-2H3,(H,21,24)/t14-,15-,17+/m0/s1. The zero-order chi connectivity index (χ0) is 19.0. The lowest BCUT2D eigenvalue weighted by Gasteiger charge is -2.22. The molecule has 142 valence electrons. The second-order valence-electron chi connectivity index (χ2n) is 7.03. The molecule has 8 nitrogen and oxygen atoms in total. The second-order valence-corrected chi connectivity index (χ2v) is 7.03. The molecule has 2 aliphatic heterocycles. The van der Waals surface area contributed by atoms with Crippen LogP contribution in [0.2, 0.25) is 0 Å². The number of fused-ring (bicyclic) bond motifs is 1. The fourth-order valence-corrected chi connectivity index (χ4v) is 3.99. The highest BCUT2D eigenvalue weighted by Gasteiger charge is 2.51. The van der Waals surface area contributed by atoms with Gasteiger partial charge in [0.15, 0.2) is 0 Å². The molecule has 2 aromatic heterocycles. The van der Waals surface area contributed by atoms with Crippen LogP contribution in [-0.4, -0.2) is 52.2 Å². The number of ether oxygens (including phenoxy) is 1. The van der Waals surface area contributed by atoms with Gasteiger partial charge in [0, 0.05) is 32.1 Å².